The summed E-state index contributed by atoms with van der Waals surface area (Å²) in [5.74, 6) is -0.110. The molecular weight excluding hydrogens is 184 g/mol. The number of nitrogens with zero attached hydrogens (tertiary/aromatic N) is 3. The molecule has 0 atom stereocenters. The van der Waals surface area contributed by atoms with Gasteiger partial charge in [-0.2, -0.15) is 5.10 Å². The van der Waals surface area contributed by atoms with E-state index < -0.39 is 5.60 Å². The van der Waals surface area contributed by atoms with E-state index in [4.69, 9.17) is 0 Å². The van der Waals surface area contributed by atoms with E-state index in [-0.39, 0.29) is 18.3 Å². The summed E-state index contributed by atoms with van der Waals surface area (Å²) in [6.07, 6.45) is 1.27. The van der Waals surface area contributed by atoms with Crippen LogP contribution in [0.25, 0.3) is 0 Å². The van der Waals surface area contributed by atoms with Gasteiger partial charge in [0.15, 0.2) is 0 Å². The standard InChI is InChI=1S/C8H14N4O2/c1-8(2,14)4-12(3)7(13)6-9-5-10-11-6/h5,14H,4H2,1-3H3,(H,9,10,11). The number of rotatable bonds is 3. The van der Waals surface area contributed by atoms with Crippen LogP contribution in [0.2, 0.25) is 0 Å². The molecule has 0 fully saturated rings. The van der Waals surface area contributed by atoms with Gasteiger partial charge in [-0.15, -0.1) is 0 Å². The third-order valence-electron chi connectivity index (χ3n) is 1.59. The van der Waals surface area contributed by atoms with Crippen molar-refractivity contribution in [1.29, 1.82) is 0 Å². The van der Waals surface area contributed by atoms with Gasteiger partial charge < -0.3 is 10.0 Å². The maximum Gasteiger partial charge on any atom is 0.291 e. The van der Waals surface area contributed by atoms with Crippen LogP contribution in [0.5, 0.6) is 0 Å². The predicted octanol–water partition coefficient (Wildman–Crippen LogP) is -0.352. The van der Waals surface area contributed by atoms with Crippen LogP contribution < -0.4 is 0 Å². The summed E-state index contributed by atoms with van der Waals surface area (Å²) in [5.41, 5.74) is -0.912. The minimum absolute atomic E-state index is 0.178. The van der Waals surface area contributed by atoms with Crippen LogP contribution in [0.15, 0.2) is 6.33 Å². The summed E-state index contributed by atoms with van der Waals surface area (Å²) in [7, 11) is 1.60. The highest BCUT2D eigenvalue weighted by atomic mass is 16.3. The van der Waals surface area contributed by atoms with Crippen molar-refractivity contribution >= 4 is 5.91 Å². The van der Waals surface area contributed by atoms with E-state index in [2.05, 4.69) is 15.2 Å². The molecule has 1 rings (SSSR count). The van der Waals surface area contributed by atoms with Gasteiger partial charge in [0.2, 0.25) is 5.82 Å². The molecule has 1 heterocycles. The van der Waals surface area contributed by atoms with Gasteiger partial charge in [0.05, 0.1) is 5.60 Å². The first kappa shape index (κ1) is 10.6. The second-order valence-corrected chi connectivity index (χ2v) is 3.81. The van der Waals surface area contributed by atoms with E-state index in [1.54, 1.807) is 20.9 Å². The van der Waals surface area contributed by atoms with Crippen LogP contribution >= 0.6 is 0 Å². The molecule has 0 saturated heterocycles. The third-order valence-corrected chi connectivity index (χ3v) is 1.59. The zero-order chi connectivity index (χ0) is 10.8. The number of nitrogens with one attached hydrogen (secondary N) is 1. The van der Waals surface area contributed by atoms with E-state index in [1.165, 1.54) is 11.2 Å². The normalized spacial score (nSPS) is 11.4. The van der Waals surface area contributed by atoms with Crippen molar-refractivity contribution in [2.45, 2.75) is 19.4 Å². The lowest BCUT2D eigenvalue weighted by Gasteiger charge is -2.24. The number of carbonyl (C=O) groups is 1. The maximum absolute atomic E-state index is 11.6. The second kappa shape index (κ2) is 3.75. The number of carbonyl (C=O) groups excluding carboxylic acids is 1. The smallest absolute Gasteiger partial charge is 0.291 e. The van der Waals surface area contributed by atoms with Crippen LogP contribution in [0, 0.1) is 0 Å². The molecule has 1 amide bonds. The van der Waals surface area contributed by atoms with Gasteiger partial charge in [-0.05, 0) is 13.8 Å². The molecule has 2 N–H and O–H groups in total. The molecule has 6 nitrogen and oxygen atoms in total. The van der Waals surface area contributed by atoms with Crippen LogP contribution in [-0.2, 0) is 0 Å². The number of H-pyrrole nitrogens is 1. The molecule has 1 aromatic heterocycles. The first-order chi connectivity index (χ1) is 6.40. The largest absolute Gasteiger partial charge is 0.389 e. The summed E-state index contributed by atoms with van der Waals surface area (Å²) < 4.78 is 0. The zero-order valence-corrected chi connectivity index (χ0v) is 8.48. The molecule has 0 aliphatic carbocycles. The van der Waals surface area contributed by atoms with E-state index in [9.17, 15) is 9.90 Å². The first-order valence-corrected chi connectivity index (χ1v) is 4.23. The minimum atomic E-state index is -0.912. The van der Waals surface area contributed by atoms with Gasteiger partial charge in [-0.25, -0.2) is 4.98 Å². The Kier molecular flexibility index (Phi) is 2.85. The molecule has 0 radical (unpaired) electrons. The van der Waals surface area contributed by atoms with Gasteiger partial charge in [0, 0.05) is 13.6 Å². The van der Waals surface area contributed by atoms with Gasteiger partial charge in [-0.3, -0.25) is 9.89 Å². The number of likely N-dealkylation sites (N-methyl/N-ethyl adjacent to an activating group) is 1. The molecule has 0 bridgehead atoms. The predicted molar refractivity (Wildman–Crippen MR) is 49.6 cm³/mol. The number of hydrogen-bond donors (Lipinski definition) is 2. The van der Waals surface area contributed by atoms with Gasteiger partial charge in [0.1, 0.15) is 6.33 Å². The summed E-state index contributed by atoms with van der Waals surface area (Å²) in [4.78, 5) is 16.7. The summed E-state index contributed by atoms with van der Waals surface area (Å²) in [5, 5.41) is 15.5. The van der Waals surface area contributed by atoms with Crippen LogP contribution in [0.4, 0.5) is 0 Å². The zero-order valence-electron chi connectivity index (χ0n) is 8.48. The van der Waals surface area contributed by atoms with Crippen molar-refractivity contribution in [1.82, 2.24) is 20.1 Å². The molecule has 1 aromatic rings. The topological polar surface area (TPSA) is 82.1 Å². The Bertz CT molecular complexity index is 302. The SMILES string of the molecule is CN(CC(C)(C)O)C(=O)c1ncn[nH]1. The molecule has 6 heteroatoms. The Balaban J connectivity index is 2.63. The third kappa shape index (κ3) is 2.81. The average molecular weight is 198 g/mol. The highest BCUT2D eigenvalue weighted by Crippen LogP contribution is 2.05. The Morgan fingerprint density at radius 1 is 1.71 bits per heavy atom. The Hall–Kier alpha value is -1.43. The molecule has 0 aromatic carbocycles. The van der Waals surface area contributed by atoms with Crippen LogP contribution in [0.1, 0.15) is 24.5 Å². The maximum atomic E-state index is 11.6. The molecule has 0 unspecified atom stereocenters. The summed E-state index contributed by atoms with van der Waals surface area (Å²) in [6.45, 7) is 3.51. The average Bonchev–Trinajstić information content (AvgIpc) is 2.51. The van der Waals surface area contributed by atoms with Gasteiger partial charge in [0.25, 0.3) is 5.91 Å². The minimum Gasteiger partial charge on any atom is -0.389 e. The Morgan fingerprint density at radius 3 is 2.79 bits per heavy atom. The van der Waals surface area contributed by atoms with Crippen molar-refractivity contribution in [2.24, 2.45) is 0 Å². The highest BCUT2D eigenvalue weighted by molar-refractivity contribution is 5.90. The van der Waals surface area contributed by atoms with E-state index in [0.29, 0.717) is 0 Å². The number of hydrogen-bond acceptors (Lipinski definition) is 4. The number of aromatic nitrogens is 3. The van der Waals surface area contributed by atoms with Crippen molar-refractivity contribution in [3.63, 3.8) is 0 Å². The molecular formula is C8H14N4O2. The van der Waals surface area contributed by atoms with Crippen molar-refractivity contribution in [2.75, 3.05) is 13.6 Å². The Morgan fingerprint density at radius 2 is 2.36 bits per heavy atom. The molecule has 78 valence electrons. The fraction of sp³-hybridized carbons (Fsp3) is 0.625. The first-order valence-electron chi connectivity index (χ1n) is 4.23. The molecule has 14 heavy (non-hydrogen) atoms. The van der Waals surface area contributed by atoms with Crippen molar-refractivity contribution in [3.8, 4) is 0 Å². The lowest BCUT2D eigenvalue weighted by atomic mass is 10.1. The van der Waals surface area contributed by atoms with Crippen molar-refractivity contribution < 1.29 is 9.90 Å². The Labute approximate surface area is 82.0 Å². The number of aliphatic hydroxyl groups is 1. The van der Waals surface area contributed by atoms with Crippen molar-refractivity contribution in [3.05, 3.63) is 12.2 Å². The van der Waals surface area contributed by atoms with E-state index >= 15 is 0 Å². The summed E-state index contributed by atoms with van der Waals surface area (Å²) >= 11 is 0. The number of aromatic amines is 1. The fourth-order valence-electron chi connectivity index (χ4n) is 1.14. The van der Waals surface area contributed by atoms with Crippen LogP contribution in [0.3, 0.4) is 0 Å². The molecule has 0 spiro atoms. The van der Waals surface area contributed by atoms with Gasteiger partial charge in [-0.1, -0.05) is 0 Å². The summed E-state index contributed by atoms with van der Waals surface area (Å²) in [6, 6.07) is 0. The van der Waals surface area contributed by atoms with E-state index in [1.807, 2.05) is 0 Å². The lowest BCUT2D eigenvalue weighted by Crippen LogP contribution is -2.40. The monoisotopic (exact) mass is 198 g/mol. The second-order valence-electron chi connectivity index (χ2n) is 3.81. The quantitative estimate of drug-likeness (QED) is 0.695. The van der Waals surface area contributed by atoms with Crippen LogP contribution in [-0.4, -0.2) is 50.3 Å². The number of amides is 1. The molecule has 0 aliphatic heterocycles. The van der Waals surface area contributed by atoms with Gasteiger partial charge >= 0.3 is 0 Å². The molecule has 0 aliphatic rings. The lowest BCUT2D eigenvalue weighted by molar-refractivity contribution is 0.0362. The molecule has 0 saturated carbocycles. The van der Waals surface area contributed by atoms with E-state index in [0.717, 1.165) is 0 Å². The highest BCUT2D eigenvalue weighted by Gasteiger charge is 2.21. The fourth-order valence-corrected chi connectivity index (χ4v) is 1.14.